The average molecular weight is 328 g/mol. The van der Waals surface area contributed by atoms with Crippen LogP contribution in [0.25, 0.3) is 16.6 Å². The molecular formula is C18H13Cl2N2+. The molecule has 0 radical (unpaired) electrons. The summed E-state index contributed by atoms with van der Waals surface area (Å²) in [5.74, 6) is 0. The van der Waals surface area contributed by atoms with Crippen molar-refractivity contribution in [2.24, 2.45) is 0 Å². The van der Waals surface area contributed by atoms with Crippen molar-refractivity contribution >= 4 is 39.8 Å². The lowest BCUT2D eigenvalue weighted by Gasteiger charge is -2.06. The number of nitrogens with zero attached hydrogens (tertiary/aromatic N) is 2. The Hall–Kier alpha value is -2.03. The van der Waals surface area contributed by atoms with E-state index in [0.717, 1.165) is 16.6 Å². The van der Waals surface area contributed by atoms with Gasteiger partial charge >= 0.3 is 0 Å². The lowest BCUT2D eigenvalue weighted by atomic mass is 10.2. The predicted molar refractivity (Wildman–Crippen MR) is 90.7 cm³/mol. The third kappa shape index (κ3) is 2.25. The molecule has 2 nitrogen and oxygen atoms in total. The standard InChI is InChI=1S/C18H13Cl2N2/c19-14-8-7-13(16(20)10-14)11-21-12-15-4-3-9-22(15)18-6-2-1-5-17(18)21/h1-10,12H,11H2/q+1. The second kappa shape index (κ2) is 5.31. The van der Waals surface area contributed by atoms with Crippen LogP contribution in [-0.2, 0) is 6.54 Å². The fourth-order valence-electron chi connectivity index (χ4n) is 2.82. The summed E-state index contributed by atoms with van der Waals surface area (Å²) in [6.45, 7) is 0.707. The lowest BCUT2D eigenvalue weighted by molar-refractivity contribution is -0.661. The number of hydrogen-bond acceptors (Lipinski definition) is 0. The van der Waals surface area contributed by atoms with Crippen LogP contribution < -0.4 is 4.57 Å². The summed E-state index contributed by atoms with van der Waals surface area (Å²) < 4.78 is 4.41. The van der Waals surface area contributed by atoms with Gasteiger partial charge in [0, 0.05) is 22.8 Å². The van der Waals surface area contributed by atoms with E-state index in [4.69, 9.17) is 23.2 Å². The van der Waals surface area contributed by atoms with Gasteiger partial charge in [0.1, 0.15) is 11.0 Å². The molecule has 22 heavy (non-hydrogen) atoms. The molecule has 0 atom stereocenters. The first-order chi connectivity index (χ1) is 10.7. The minimum absolute atomic E-state index is 0.658. The highest BCUT2D eigenvalue weighted by Gasteiger charge is 2.15. The molecule has 0 amide bonds. The van der Waals surface area contributed by atoms with E-state index in [1.165, 1.54) is 5.52 Å². The van der Waals surface area contributed by atoms with E-state index >= 15 is 0 Å². The van der Waals surface area contributed by atoms with Gasteiger partial charge in [-0.1, -0.05) is 35.3 Å². The van der Waals surface area contributed by atoms with Gasteiger partial charge in [-0.15, -0.1) is 0 Å². The van der Waals surface area contributed by atoms with Gasteiger partial charge in [0.15, 0.2) is 12.7 Å². The van der Waals surface area contributed by atoms with Crippen LogP contribution in [0.5, 0.6) is 0 Å². The van der Waals surface area contributed by atoms with E-state index < -0.39 is 0 Å². The van der Waals surface area contributed by atoms with Gasteiger partial charge in [-0.2, -0.15) is 4.57 Å². The van der Waals surface area contributed by atoms with E-state index in [-0.39, 0.29) is 0 Å². The first-order valence-electron chi connectivity index (χ1n) is 7.04. The zero-order chi connectivity index (χ0) is 15.1. The van der Waals surface area contributed by atoms with Crippen molar-refractivity contribution in [2.45, 2.75) is 6.54 Å². The molecule has 0 saturated carbocycles. The maximum atomic E-state index is 6.32. The Morgan fingerprint density at radius 3 is 2.68 bits per heavy atom. The monoisotopic (exact) mass is 327 g/mol. The molecule has 4 rings (SSSR count). The summed E-state index contributed by atoms with van der Waals surface area (Å²) in [7, 11) is 0. The number of rotatable bonds is 2. The second-order valence-corrected chi connectivity index (χ2v) is 6.13. The van der Waals surface area contributed by atoms with Crippen molar-refractivity contribution in [1.29, 1.82) is 0 Å². The van der Waals surface area contributed by atoms with Crippen molar-refractivity contribution < 1.29 is 4.57 Å². The highest BCUT2D eigenvalue weighted by atomic mass is 35.5. The fraction of sp³-hybridized carbons (Fsp3) is 0.0556. The highest BCUT2D eigenvalue weighted by molar-refractivity contribution is 6.35. The minimum Gasteiger partial charge on any atom is -0.306 e. The molecule has 2 aromatic heterocycles. The Morgan fingerprint density at radius 1 is 0.955 bits per heavy atom. The Bertz CT molecular complexity index is 989. The van der Waals surface area contributed by atoms with Gasteiger partial charge in [-0.3, -0.25) is 0 Å². The normalized spacial score (nSPS) is 11.4. The lowest BCUT2D eigenvalue weighted by Crippen LogP contribution is -2.35. The van der Waals surface area contributed by atoms with Gasteiger partial charge in [-0.05, 0) is 36.4 Å². The Balaban J connectivity index is 1.92. The molecule has 0 unspecified atom stereocenters. The summed E-state index contributed by atoms with van der Waals surface area (Å²) in [6.07, 6.45) is 4.23. The van der Waals surface area contributed by atoms with E-state index in [2.05, 4.69) is 57.8 Å². The Labute approximate surface area is 138 Å². The summed E-state index contributed by atoms with van der Waals surface area (Å²) in [5.41, 5.74) is 4.55. The molecule has 2 heterocycles. The Morgan fingerprint density at radius 2 is 1.82 bits per heavy atom. The summed E-state index contributed by atoms with van der Waals surface area (Å²) in [6, 6.07) is 18.2. The highest BCUT2D eigenvalue weighted by Crippen LogP contribution is 2.21. The summed E-state index contributed by atoms with van der Waals surface area (Å²) in [5, 5.41) is 1.35. The zero-order valence-corrected chi connectivity index (χ0v) is 13.2. The van der Waals surface area contributed by atoms with Gasteiger partial charge in [0.25, 0.3) is 0 Å². The number of benzene rings is 2. The van der Waals surface area contributed by atoms with Crippen molar-refractivity contribution in [2.75, 3.05) is 0 Å². The summed E-state index contributed by atoms with van der Waals surface area (Å²) in [4.78, 5) is 0. The smallest absolute Gasteiger partial charge is 0.229 e. The van der Waals surface area contributed by atoms with E-state index in [9.17, 15) is 0 Å². The first-order valence-corrected chi connectivity index (χ1v) is 7.80. The quantitative estimate of drug-likeness (QED) is 0.470. The number of hydrogen-bond donors (Lipinski definition) is 0. The van der Waals surface area contributed by atoms with Crippen LogP contribution in [0.4, 0.5) is 0 Å². The molecule has 0 saturated heterocycles. The number of fused-ring (bicyclic) bond motifs is 3. The van der Waals surface area contributed by atoms with Crippen LogP contribution in [0.15, 0.2) is 67.0 Å². The summed E-state index contributed by atoms with van der Waals surface area (Å²) >= 11 is 12.3. The maximum absolute atomic E-state index is 6.32. The molecule has 0 spiro atoms. The van der Waals surface area contributed by atoms with Crippen LogP contribution in [0.2, 0.25) is 10.0 Å². The van der Waals surface area contributed by atoms with Crippen molar-refractivity contribution in [3.05, 3.63) is 82.6 Å². The molecule has 0 N–H and O–H groups in total. The van der Waals surface area contributed by atoms with Crippen molar-refractivity contribution in [3.8, 4) is 0 Å². The molecular weight excluding hydrogens is 315 g/mol. The third-order valence-electron chi connectivity index (χ3n) is 3.87. The van der Waals surface area contributed by atoms with E-state index in [0.29, 0.717) is 16.6 Å². The predicted octanol–water partition coefficient (Wildman–Crippen LogP) is 4.74. The van der Waals surface area contributed by atoms with E-state index in [1.54, 1.807) is 6.07 Å². The van der Waals surface area contributed by atoms with Crippen LogP contribution in [0, 0.1) is 0 Å². The molecule has 0 bridgehead atoms. The van der Waals surface area contributed by atoms with Crippen LogP contribution in [0.1, 0.15) is 5.56 Å². The van der Waals surface area contributed by atoms with E-state index in [1.807, 2.05) is 12.1 Å². The number of aromatic nitrogens is 2. The van der Waals surface area contributed by atoms with Crippen LogP contribution >= 0.6 is 23.2 Å². The minimum atomic E-state index is 0.658. The van der Waals surface area contributed by atoms with Crippen LogP contribution in [-0.4, -0.2) is 4.40 Å². The first kappa shape index (κ1) is 13.6. The van der Waals surface area contributed by atoms with Gasteiger partial charge in [-0.25, -0.2) is 0 Å². The van der Waals surface area contributed by atoms with Crippen LogP contribution in [0.3, 0.4) is 0 Å². The molecule has 2 aromatic carbocycles. The molecule has 0 fully saturated rings. The molecule has 0 aliphatic carbocycles. The van der Waals surface area contributed by atoms with Crippen molar-refractivity contribution in [3.63, 3.8) is 0 Å². The topological polar surface area (TPSA) is 8.29 Å². The molecule has 0 aliphatic rings. The van der Waals surface area contributed by atoms with Gasteiger partial charge in [0.2, 0.25) is 5.52 Å². The zero-order valence-electron chi connectivity index (χ0n) is 11.7. The maximum Gasteiger partial charge on any atom is 0.229 e. The molecule has 4 heteroatoms. The average Bonchev–Trinajstić information content (AvgIpc) is 2.99. The molecule has 0 aliphatic heterocycles. The second-order valence-electron chi connectivity index (χ2n) is 5.28. The fourth-order valence-corrected chi connectivity index (χ4v) is 3.29. The number of halogens is 2. The van der Waals surface area contributed by atoms with Gasteiger partial charge in [0.05, 0.1) is 5.02 Å². The number of para-hydroxylation sites is 2. The van der Waals surface area contributed by atoms with Crippen molar-refractivity contribution in [1.82, 2.24) is 4.40 Å². The third-order valence-corrected chi connectivity index (χ3v) is 4.46. The Kier molecular flexibility index (Phi) is 3.29. The largest absolute Gasteiger partial charge is 0.306 e. The van der Waals surface area contributed by atoms with Gasteiger partial charge < -0.3 is 4.40 Å². The molecule has 4 aromatic rings. The SMILES string of the molecule is Clc1ccc(C[n+]2cc3cccn3c3ccccc32)c(Cl)c1. The molecule has 108 valence electrons.